The number of unbranched alkanes of at least 4 members (excludes halogenated alkanes) is 2. The largest absolute Gasteiger partial charge is 0.433 e. The third-order valence-electron chi connectivity index (χ3n) is 3.13. The summed E-state index contributed by atoms with van der Waals surface area (Å²) in [4.78, 5) is 7.33. The second-order valence-corrected chi connectivity index (χ2v) is 5.74. The van der Waals surface area contributed by atoms with Gasteiger partial charge in [0.2, 0.25) is 5.95 Å². The Morgan fingerprint density at radius 3 is 2.50 bits per heavy atom. The zero-order valence-corrected chi connectivity index (χ0v) is 12.2. The highest BCUT2D eigenvalue weighted by molar-refractivity contribution is 5.26. The van der Waals surface area contributed by atoms with Gasteiger partial charge in [0.15, 0.2) is 0 Å². The molecule has 0 bridgehead atoms. The molecule has 0 aliphatic rings. The van der Waals surface area contributed by atoms with Crippen molar-refractivity contribution in [1.82, 2.24) is 9.97 Å². The quantitative estimate of drug-likeness (QED) is 0.750. The molecule has 0 amide bonds. The summed E-state index contributed by atoms with van der Waals surface area (Å²) in [6.45, 7) is 6.87. The van der Waals surface area contributed by atoms with E-state index in [1.54, 1.807) is 0 Å². The molecule has 1 heterocycles. The Morgan fingerprint density at radius 1 is 1.20 bits per heavy atom. The summed E-state index contributed by atoms with van der Waals surface area (Å²) < 4.78 is 37.6. The van der Waals surface area contributed by atoms with Crippen LogP contribution in [-0.4, -0.2) is 16.5 Å². The maximum absolute atomic E-state index is 12.5. The molecule has 1 aromatic rings. The Hall–Kier alpha value is -1.33. The minimum atomic E-state index is -4.43. The molecule has 0 aliphatic heterocycles. The first-order chi connectivity index (χ1) is 9.24. The van der Waals surface area contributed by atoms with Gasteiger partial charge in [0.25, 0.3) is 0 Å². The van der Waals surface area contributed by atoms with Crippen LogP contribution in [0.5, 0.6) is 0 Å². The van der Waals surface area contributed by atoms with Crippen LogP contribution in [0.15, 0.2) is 12.3 Å². The van der Waals surface area contributed by atoms with Crippen molar-refractivity contribution in [3.63, 3.8) is 0 Å². The highest BCUT2D eigenvalue weighted by atomic mass is 19.4. The van der Waals surface area contributed by atoms with E-state index < -0.39 is 11.9 Å². The smallest absolute Gasteiger partial charge is 0.354 e. The number of aromatic nitrogens is 2. The average molecular weight is 289 g/mol. The lowest BCUT2D eigenvalue weighted by atomic mass is 9.87. The minimum absolute atomic E-state index is 0.00671. The molecule has 0 aliphatic carbocycles. The van der Waals surface area contributed by atoms with Crippen LogP contribution in [0.25, 0.3) is 0 Å². The summed E-state index contributed by atoms with van der Waals surface area (Å²) in [6, 6.07) is 0.873. The van der Waals surface area contributed by atoms with E-state index in [4.69, 9.17) is 0 Å². The molecule has 1 aromatic heterocycles. The first-order valence-electron chi connectivity index (χ1n) is 6.89. The fourth-order valence-corrected chi connectivity index (χ4v) is 1.86. The Morgan fingerprint density at radius 2 is 1.90 bits per heavy atom. The van der Waals surface area contributed by atoms with Crippen LogP contribution in [0.2, 0.25) is 0 Å². The van der Waals surface area contributed by atoms with Gasteiger partial charge in [-0.2, -0.15) is 13.2 Å². The maximum Gasteiger partial charge on any atom is 0.433 e. The van der Waals surface area contributed by atoms with Crippen LogP contribution >= 0.6 is 0 Å². The molecular formula is C14H22F3N3. The van der Waals surface area contributed by atoms with Gasteiger partial charge in [-0.05, 0) is 17.9 Å². The lowest BCUT2D eigenvalue weighted by Gasteiger charge is -2.25. The van der Waals surface area contributed by atoms with E-state index in [1.165, 1.54) is 6.42 Å². The number of rotatable bonds is 7. The predicted octanol–water partition coefficient (Wildman–Crippen LogP) is 4.51. The number of alkyl halides is 3. The monoisotopic (exact) mass is 289 g/mol. The molecule has 0 spiro atoms. The van der Waals surface area contributed by atoms with Gasteiger partial charge < -0.3 is 5.32 Å². The summed E-state index contributed by atoms with van der Waals surface area (Å²) >= 11 is 0. The van der Waals surface area contributed by atoms with Gasteiger partial charge in [0.1, 0.15) is 5.69 Å². The summed E-state index contributed by atoms with van der Waals surface area (Å²) in [6.07, 6.45) is 1.16. The number of hydrogen-bond acceptors (Lipinski definition) is 3. The summed E-state index contributed by atoms with van der Waals surface area (Å²) in [5.74, 6) is 0.0309. The summed E-state index contributed by atoms with van der Waals surface area (Å²) in [5, 5.41) is 2.90. The van der Waals surface area contributed by atoms with Gasteiger partial charge in [-0.25, -0.2) is 9.97 Å². The first kappa shape index (κ1) is 16.7. The molecular weight excluding hydrogens is 267 g/mol. The van der Waals surface area contributed by atoms with Gasteiger partial charge in [-0.1, -0.05) is 40.0 Å². The van der Waals surface area contributed by atoms with Crippen molar-refractivity contribution in [2.45, 2.75) is 52.6 Å². The lowest BCUT2D eigenvalue weighted by Crippen LogP contribution is -2.24. The first-order valence-corrected chi connectivity index (χ1v) is 6.89. The summed E-state index contributed by atoms with van der Waals surface area (Å²) in [7, 11) is 0. The third kappa shape index (κ3) is 5.75. The van der Waals surface area contributed by atoms with Gasteiger partial charge in [-0.15, -0.1) is 0 Å². The Kier molecular flexibility index (Phi) is 5.77. The Balaban J connectivity index is 2.57. The van der Waals surface area contributed by atoms with E-state index in [0.29, 0.717) is 6.54 Å². The molecule has 20 heavy (non-hydrogen) atoms. The van der Waals surface area contributed by atoms with Crippen molar-refractivity contribution >= 4 is 5.95 Å². The number of anilines is 1. The highest BCUT2D eigenvalue weighted by Gasteiger charge is 2.32. The topological polar surface area (TPSA) is 37.8 Å². The van der Waals surface area contributed by atoms with Gasteiger partial charge in [0, 0.05) is 12.7 Å². The van der Waals surface area contributed by atoms with Crippen LogP contribution in [0, 0.1) is 5.41 Å². The van der Waals surface area contributed by atoms with Crippen molar-refractivity contribution in [1.29, 1.82) is 0 Å². The number of nitrogens with zero attached hydrogens (tertiary/aromatic N) is 2. The fraction of sp³-hybridized carbons (Fsp3) is 0.714. The standard InChI is InChI=1S/C14H22F3N3/c1-4-5-6-8-13(2,3)10-19-12-18-9-7-11(20-12)14(15,16)17/h7,9H,4-6,8,10H2,1-3H3,(H,18,19,20). The lowest BCUT2D eigenvalue weighted by molar-refractivity contribution is -0.141. The zero-order valence-electron chi connectivity index (χ0n) is 12.2. The van der Waals surface area contributed by atoms with Crippen molar-refractivity contribution in [2.24, 2.45) is 5.41 Å². The summed E-state index contributed by atoms with van der Waals surface area (Å²) in [5.41, 5.74) is -0.911. The average Bonchev–Trinajstić information content (AvgIpc) is 2.36. The SMILES string of the molecule is CCCCCC(C)(C)CNc1nccc(C(F)(F)F)n1. The molecule has 6 heteroatoms. The maximum atomic E-state index is 12.5. The van der Waals surface area contributed by atoms with Crippen molar-refractivity contribution in [2.75, 3.05) is 11.9 Å². The molecule has 1 rings (SSSR count). The van der Waals surface area contributed by atoms with Gasteiger partial charge in [0.05, 0.1) is 0 Å². The molecule has 0 atom stereocenters. The van der Waals surface area contributed by atoms with E-state index in [-0.39, 0.29) is 11.4 Å². The molecule has 0 unspecified atom stereocenters. The number of hydrogen-bond donors (Lipinski definition) is 1. The van der Waals surface area contributed by atoms with Crippen LogP contribution in [-0.2, 0) is 6.18 Å². The highest BCUT2D eigenvalue weighted by Crippen LogP contribution is 2.28. The molecule has 0 fully saturated rings. The molecule has 3 nitrogen and oxygen atoms in total. The third-order valence-corrected chi connectivity index (χ3v) is 3.13. The molecule has 0 radical (unpaired) electrons. The molecule has 114 valence electrons. The molecule has 1 N–H and O–H groups in total. The Labute approximate surface area is 118 Å². The molecule has 0 saturated heterocycles. The normalized spacial score (nSPS) is 12.5. The molecule has 0 aromatic carbocycles. The molecule has 0 saturated carbocycles. The van der Waals surface area contributed by atoms with Crippen molar-refractivity contribution in [3.8, 4) is 0 Å². The van der Waals surface area contributed by atoms with Gasteiger partial charge >= 0.3 is 6.18 Å². The predicted molar refractivity (Wildman–Crippen MR) is 73.4 cm³/mol. The zero-order chi connectivity index (χ0) is 15.2. The van der Waals surface area contributed by atoms with E-state index >= 15 is 0 Å². The van der Waals surface area contributed by atoms with Crippen LogP contribution < -0.4 is 5.32 Å². The van der Waals surface area contributed by atoms with E-state index in [0.717, 1.165) is 31.5 Å². The van der Waals surface area contributed by atoms with E-state index in [1.807, 2.05) is 0 Å². The van der Waals surface area contributed by atoms with Crippen LogP contribution in [0.1, 0.15) is 52.1 Å². The minimum Gasteiger partial charge on any atom is -0.354 e. The van der Waals surface area contributed by atoms with Crippen molar-refractivity contribution < 1.29 is 13.2 Å². The van der Waals surface area contributed by atoms with Crippen LogP contribution in [0.3, 0.4) is 0 Å². The van der Waals surface area contributed by atoms with E-state index in [2.05, 4.69) is 36.1 Å². The van der Waals surface area contributed by atoms with E-state index in [9.17, 15) is 13.2 Å². The Bertz CT molecular complexity index is 416. The fourth-order valence-electron chi connectivity index (χ4n) is 1.86. The number of nitrogens with one attached hydrogen (secondary N) is 1. The van der Waals surface area contributed by atoms with Crippen LogP contribution in [0.4, 0.5) is 19.1 Å². The second-order valence-electron chi connectivity index (χ2n) is 5.74. The number of halogens is 3. The second kappa shape index (κ2) is 6.90. The van der Waals surface area contributed by atoms with Crippen molar-refractivity contribution in [3.05, 3.63) is 18.0 Å². The van der Waals surface area contributed by atoms with Gasteiger partial charge in [-0.3, -0.25) is 0 Å².